The zero-order valence-corrected chi connectivity index (χ0v) is 4.07. The molecule has 1 rings (SSSR count). The molecular weight excluding hydrogens is 110 g/mol. The molecule has 0 aliphatic heterocycles. The van der Waals surface area contributed by atoms with Crippen LogP contribution in [0.4, 0.5) is 0 Å². The maximum atomic E-state index is 10.3. The van der Waals surface area contributed by atoms with Gasteiger partial charge in [0.2, 0.25) is 0 Å². The predicted octanol–water partition coefficient (Wildman–Crippen LogP) is -0.609. The van der Waals surface area contributed by atoms with Crippen LogP contribution in [-0.2, 0) is 6.73 Å². The molecule has 0 atom stereocenters. The molecule has 0 unspecified atom stereocenters. The Hall–Kier alpha value is -1.03. The van der Waals surface area contributed by atoms with Crippen LogP contribution in [0, 0.1) is 0 Å². The molecule has 4 heteroatoms. The van der Waals surface area contributed by atoms with Gasteiger partial charge in [-0.05, 0) is 0 Å². The van der Waals surface area contributed by atoms with E-state index in [9.17, 15) is 4.79 Å². The van der Waals surface area contributed by atoms with Crippen molar-refractivity contribution < 1.29 is 9.52 Å². The predicted molar refractivity (Wildman–Crippen MR) is 25.2 cm³/mol. The van der Waals surface area contributed by atoms with Crippen molar-refractivity contribution in [3.63, 3.8) is 0 Å². The summed E-state index contributed by atoms with van der Waals surface area (Å²) in [4.78, 5) is 10.3. The van der Waals surface area contributed by atoms with E-state index in [0.29, 0.717) is 0 Å². The fourth-order valence-electron chi connectivity index (χ4n) is 0.396. The zero-order chi connectivity index (χ0) is 5.98. The van der Waals surface area contributed by atoms with Crippen molar-refractivity contribution in [2.24, 2.45) is 0 Å². The molecule has 0 aliphatic rings. The summed E-state index contributed by atoms with van der Waals surface area (Å²) < 4.78 is 5.34. The second-order valence-corrected chi connectivity index (χ2v) is 1.28. The van der Waals surface area contributed by atoms with Crippen molar-refractivity contribution in [1.82, 2.24) is 4.57 Å². The summed E-state index contributed by atoms with van der Waals surface area (Å²) in [7, 11) is 0. The van der Waals surface area contributed by atoms with Gasteiger partial charge >= 0.3 is 5.76 Å². The van der Waals surface area contributed by atoms with E-state index >= 15 is 0 Å². The Kier molecular flexibility index (Phi) is 1.17. The Morgan fingerprint density at radius 3 is 2.88 bits per heavy atom. The molecule has 0 aromatic carbocycles. The van der Waals surface area contributed by atoms with Crippen molar-refractivity contribution in [2.75, 3.05) is 0 Å². The smallest absolute Gasteiger partial charge is 0.416 e. The second kappa shape index (κ2) is 1.83. The molecule has 1 aromatic heterocycles. The van der Waals surface area contributed by atoms with Crippen LogP contribution in [0.2, 0.25) is 0 Å². The van der Waals surface area contributed by atoms with E-state index in [4.69, 9.17) is 5.11 Å². The molecule has 4 nitrogen and oxygen atoms in total. The van der Waals surface area contributed by atoms with Crippen LogP contribution in [0.5, 0.6) is 0 Å². The Bertz CT molecular complexity index is 211. The van der Waals surface area contributed by atoms with Crippen molar-refractivity contribution in [1.29, 1.82) is 0 Å². The topological polar surface area (TPSA) is 55.4 Å². The van der Waals surface area contributed by atoms with Crippen LogP contribution in [0.1, 0.15) is 0 Å². The standard InChI is InChI=1S/C4H5NO3/c6-3-5-1-2-8-4(5)7/h1-2,6H,3H2. The van der Waals surface area contributed by atoms with E-state index in [1.165, 1.54) is 12.5 Å². The van der Waals surface area contributed by atoms with Crippen LogP contribution in [-0.4, -0.2) is 9.67 Å². The first-order valence-electron chi connectivity index (χ1n) is 2.09. The highest BCUT2D eigenvalue weighted by Crippen LogP contribution is 1.76. The van der Waals surface area contributed by atoms with E-state index in [1.807, 2.05) is 0 Å². The molecule has 0 saturated carbocycles. The van der Waals surface area contributed by atoms with Crippen molar-refractivity contribution in [3.05, 3.63) is 23.0 Å². The third-order valence-electron chi connectivity index (χ3n) is 0.797. The van der Waals surface area contributed by atoms with Crippen LogP contribution >= 0.6 is 0 Å². The second-order valence-electron chi connectivity index (χ2n) is 1.28. The number of rotatable bonds is 1. The van der Waals surface area contributed by atoms with Gasteiger partial charge in [-0.2, -0.15) is 0 Å². The molecule has 8 heavy (non-hydrogen) atoms. The summed E-state index contributed by atoms with van der Waals surface area (Å²) in [5, 5.41) is 8.31. The Labute approximate surface area is 45.0 Å². The lowest BCUT2D eigenvalue weighted by Gasteiger charge is -1.84. The van der Waals surface area contributed by atoms with E-state index < -0.39 is 5.76 Å². The van der Waals surface area contributed by atoms with E-state index in [1.54, 1.807) is 0 Å². The summed E-state index contributed by atoms with van der Waals surface area (Å²) in [5.41, 5.74) is 0. The largest absolute Gasteiger partial charge is 0.420 e. The van der Waals surface area contributed by atoms with Gasteiger partial charge in [-0.25, -0.2) is 4.79 Å². The van der Waals surface area contributed by atoms with Gasteiger partial charge in [0.25, 0.3) is 0 Å². The number of oxazole rings is 1. The highest BCUT2D eigenvalue weighted by molar-refractivity contribution is 4.66. The molecule has 0 spiro atoms. The summed E-state index contributed by atoms with van der Waals surface area (Å²) in [6, 6.07) is 0. The van der Waals surface area contributed by atoms with E-state index in [2.05, 4.69) is 4.42 Å². The summed E-state index contributed by atoms with van der Waals surface area (Å²) in [5.74, 6) is -0.535. The quantitative estimate of drug-likeness (QED) is 0.531. The molecule has 44 valence electrons. The van der Waals surface area contributed by atoms with Gasteiger partial charge in [0, 0.05) is 6.20 Å². The zero-order valence-electron chi connectivity index (χ0n) is 4.07. The molecule has 1 heterocycles. The number of hydrogen-bond acceptors (Lipinski definition) is 3. The fraction of sp³-hybridized carbons (Fsp3) is 0.250. The lowest BCUT2D eigenvalue weighted by Crippen LogP contribution is -2.12. The number of aromatic nitrogens is 1. The average Bonchev–Trinajstić information content (AvgIpc) is 2.14. The van der Waals surface area contributed by atoms with Gasteiger partial charge in [0.1, 0.15) is 13.0 Å². The first-order valence-corrected chi connectivity index (χ1v) is 2.09. The number of aliphatic hydroxyl groups excluding tert-OH is 1. The molecule has 0 fully saturated rings. The fourth-order valence-corrected chi connectivity index (χ4v) is 0.396. The number of aliphatic hydroxyl groups is 1. The van der Waals surface area contributed by atoms with Crippen molar-refractivity contribution in [3.8, 4) is 0 Å². The van der Waals surface area contributed by atoms with Crippen LogP contribution in [0.15, 0.2) is 21.7 Å². The molecule has 1 N–H and O–H groups in total. The minimum absolute atomic E-state index is 0.324. The molecule has 0 amide bonds. The molecule has 1 aromatic rings. The van der Waals surface area contributed by atoms with Gasteiger partial charge in [-0.3, -0.25) is 4.57 Å². The SMILES string of the molecule is O=c1occn1CO. The molecule has 0 radical (unpaired) electrons. The minimum Gasteiger partial charge on any atom is -0.416 e. The van der Waals surface area contributed by atoms with Crippen molar-refractivity contribution in [2.45, 2.75) is 6.73 Å². The third-order valence-corrected chi connectivity index (χ3v) is 0.797. The maximum absolute atomic E-state index is 10.3. The highest BCUT2D eigenvalue weighted by atomic mass is 16.4. The number of hydrogen-bond donors (Lipinski definition) is 1. The van der Waals surface area contributed by atoms with Crippen LogP contribution in [0.25, 0.3) is 0 Å². The van der Waals surface area contributed by atoms with Gasteiger partial charge in [-0.1, -0.05) is 0 Å². The van der Waals surface area contributed by atoms with Crippen molar-refractivity contribution >= 4 is 0 Å². The average molecular weight is 115 g/mol. The Balaban J connectivity index is 3.11. The van der Waals surface area contributed by atoms with E-state index in [0.717, 1.165) is 4.57 Å². The van der Waals surface area contributed by atoms with Crippen LogP contribution in [0.3, 0.4) is 0 Å². The van der Waals surface area contributed by atoms with Gasteiger partial charge in [-0.15, -0.1) is 0 Å². The van der Waals surface area contributed by atoms with E-state index in [-0.39, 0.29) is 6.73 Å². The van der Waals surface area contributed by atoms with Gasteiger partial charge in [0.15, 0.2) is 0 Å². The lowest BCUT2D eigenvalue weighted by atomic mass is 10.9. The normalized spacial score (nSPS) is 9.62. The first-order chi connectivity index (χ1) is 3.84. The Morgan fingerprint density at radius 2 is 2.62 bits per heavy atom. The molecule has 0 bridgehead atoms. The lowest BCUT2D eigenvalue weighted by molar-refractivity contribution is 0.200. The summed E-state index contributed by atoms with van der Waals surface area (Å²) in [6.07, 6.45) is 2.58. The van der Waals surface area contributed by atoms with Crippen LogP contribution < -0.4 is 5.76 Å². The van der Waals surface area contributed by atoms with Gasteiger partial charge in [0.05, 0.1) is 0 Å². The molecular formula is C4H5NO3. The number of nitrogens with zero attached hydrogens (tertiary/aromatic N) is 1. The first kappa shape index (κ1) is 5.11. The maximum Gasteiger partial charge on any atom is 0.420 e. The minimum atomic E-state index is -0.535. The molecule has 0 aliphatic carbocycles. The molecule has 0 saturated heterocycles. The van der Waals surface area contributed by atoms with Gasteiger partial charge < -0.3 is 9.52 Å². The third kappa shape index (κ3) is 0.651. The Morgan fingerprint density at radius 1 is 1.88 bits per heavy atom. The summed E-state index contributed by atoms with van der Waals surface area (Å²) in [6.45, 7) is -0.324. The monoisotopic (exact) mass is 115 g/mol. The highest BCUT2D eigenvalue weighted by Gasteiger charge is 1.90. The summed E-state index contributed by atoms with van der Waals surface area (Å²) >= 11 is 0.